The van der Waals surface area contributed by atoms with E-state index in [9.17, 15) is 19.2 Å². The standard InChI is InChI=1S/C26H27N5O5/c1-15(2)21(23(33)25-30-29-20(36-25)13-17-9-7-8-16(3)12-17)27-19(32)14-31-22(24(34)28-26(31)35)18-10-5-4-6-11-18/h4-12,15,21-22H,13-14H2,1-3H3,(H,27,32)(H,28,34,35)/t21-,22?/m0/s1. The van der Waals surface area contributed by atoms with E-state index >= 15 is 0 Å². The second-order valence-corrected chi connectivity index (χ2v) is 9.06. The lowest BCUT2D eigenvalue weighted by Gasteiger charge is -2.24. The summed E-state index contributed by atoms with van der Waals surface area (Å²) in [6.45, 7) is 5.11. The van der Waals surface area contributed by atoms with Gasteiger partial charge in [-0.2, -0.15) is 0 Å². The van der Waals surface area contributed by atoms with Crippen LogP contribution in [-0.2, 0) is 16.0 Å². The lowest BCUT2D eigenvalue weighted by molar-refractivity contribution is -0.124. The molecule has 1 aliphatic rings. The molecule has 10 nitrogen and oxygen atoms in total. The molecule has 2 aromatic carbocycles. The molecule has 1 fully saturated rings. The van der Waals surface area contributed by atoms with E-state index in [2.05, 4.69) is 20.8 Å². The van der Waals surface area contributed by atoms with Crippen molar-refractivity contribution in [3.05, 3.63) is 83.1 Å². The lowest BCUT2D eigenvalue weighted by Crippen LogP contribution is -2.49. The van der Waals surface area contributed by atoms with Crippen LogP contribution in [0, 0.1) is 12.8 Å². The van der Waals surface area contributed by atoms with Gasteiger partial charge in [0.1, 0.15) is 12.6 Å². The molecule has 36 heavy (non-hydrogen) atoms. The molecule has 4 amide bonds. The van der Waals surface area contributed by atoms with Crippen LogP contribution in [0.3, 0.4) is 0 Å². The largest absolute Gasteiger partial charge is 0.418 e. The lowest BCUT2D eigenvalue weighted by atomic mass is 9.99. The van der Waals surface area contributed by atoms with Gasteiger partial charge in [-0.3, -0.25) is 24.6 Å². The average Bonchev–Trinajstić information content (AvgIpc) is 3.41. The third-order valence-corrected chi connectivity index (χ3v) is 5.86. The molecule has 0 bridgehead atoms. The number of amides is 4. The molecule has 186 valence electrons. The molecular weight excluding hydrogens is 462 g/mol. The van der Waals surface area contributed by atoms with E-state index in [1.54, 1.807) is 44.2 Å². The minimum Gasteiger partial charge on any atom is -0.418 e. The number of imide groups is 1. The Morgan fingerprint density at radius 3 is 2.53 bits per heavy atom. The highest BCUT2D eigenvalue weighted by Gasteiger charge is 2.41. The van der Waals surface area contributed by atoms with Crippen molar-refractivity contribution in [2.24, 2.45) is 5.92 Å². The van der Waals surface area contributed by atoms with Crippen LogP contribution >= 0.6 is 0 Å². The third kappa shape index (κ3) is 5.48. The minimum absolute atomic E-state index is 0.201. The van der Waals surface area contributed by atoms with Crippen molar-refractivity contribution in [3.8, 4) is 0 Å². The van der Waals surface area contributed by atoms with Gasteiger partial charge in [0.15, 0.2) is 0 Å². The number of aryl methyl sites for hydroxylation is 1. The van der Waals surface area contributed by atoms with E-state index in [1.165, 1.54) is 0 Å². The first-order chi connectivity index (χ1) is 17.2. The number of Topliss-reactive ketones (excluding diaryl/α,β-unsaturated/α-hetero) is 1. The maximum atomic E-state index is 13.1. The van der Waals surface area contributed by atoms with Crippen LogP contribution in [0.4, 0.5) is 4.79 Å². The van der Waals surface area contributed by atoms with Crippen LogP contribution in [0.25, 0.3) is 0 Å². The Morgan fingerprint density at radius 1 is 1.08 bits per heavy atom. The number of rotatable bonds is 9. The summed E-state index contributed by atoms with van der Waals surface area (Å²) in [7, 11) is 0. The number of urea groups is 1. The molecule has 1 unspecified atom stereocenters. The zero-order chi connectivity index (χ0) is 25.8. The first-order valence-electron chi connectivity index (χ1n) is 11.6. The summed E-state index contributed by atoms with van der Waals surface area (Å²) < 4.78 is 5.60. The molecule has 1 aliphatic heterocycles. The maximum absolute atomic E-state index is 13.1. The summed E-state index contributed by atoms with van der Waals surface area (Å²) in [5.74, 6) is -1.84. The first-order valence-corrected chi connectivity index (χ1v) is 11.6. The van der Waals surface area contributed by atoms with E-state index < -0.39 is 42.3 Å². The maximum Gasteiger partial charge on any atom is 0.325 e. The van der Waals surface area contributed by atoms with Crippen molar-refractivity contribution in [2.75, 3.05) is 6.54 Å². The van der Waals surface area contributed by atoms with E-state index in [0.29, 0.717) is 12.0 Å². The Labute approximate surface area is 208 Å². The molecule has 0 saturated carbocycles. The summed E-state index contributed by atoms with van der Waals surface area (Å²) in [5.41, 5.74) is 2.64. The molecule has 10 heteroatoms. The van der Waals surface area contributed by atoms with Gasteiger partial charge in [-0.25, -0.2) is 4.79 Å². The molecule has 1 aromatic heterocycles. The van der Waals surface area contributed by atoms with Crippen LogP contribution in [0.15, 0.2) is 59.0 Å². The van der Waals surface area contributed by atoms with Crippen LogP contribution in [0.5, 0.6) is 0 Å². The molecular formula is C26H27N5O5. The number of hydrogen-bond donors (Lipinski definition) is 2. The van der Waals surface area contributed by atoms with Gasteiger partial charge in [0.2, 0.25) is 17.6 Å². The Morgan fingerprint density at radius 2 is 1.83 bits per heavy atom. The number of nitrogens with one attached hydrogen (secondary N) is 2. The van der Waals surface area contributed by atoms with E-state index in [4.69, 9.17) is 4.42 Å². The number of nitrogens with zero attached hydrogens (tertiary/aromatic N) is 3. The first kappa shape index (κ1) is 24.8. The van der Waals surface area contributed by atoms with E-state index in [-0.39, 0.29) is 17.7 Å². The van der Waals surface area contributed by atoms with Crippen LogP contribution in [0.2, 0.25) is 0 Å². The Hall–Kier alpha value is -4.34. The topological polar surface area (TPSA) is 134 Å². The van der Waals surface area contributed by atoms with Crippen LogP contribution in [-0.4, -0.2) is 51.3 Å². The van der Waals surface area contributed by atoms with Gasteiger partial charge in [0.25, 0.3) is 11.8 Å². The van der Waals surface area contributed by atoms with Crippen molar-refractivity contribution < 1.29 is 23.6 Å². The van der Waals surface area contributed by atoms with E-state index in [1.807, 2.05) is 31.2 Å². The fraction of sp³-hybridized carbons (Fsp3) is 0.308. The predicted octanol–water partition coefficient (Wildman–Crippen LogP) is 2.59. The van der Waals surface area contributed by atoms with Crippen LogP contribution < -0.4 is 10.6 Å². The van der Waals surface area contributed by atoms with Crippen molar-refractivity contribution >= 4 is 23.6 Å². The van der Waals surface area contributed by atoms with Gasteiger partial charge in [0, 0.05) is 0 Å². The average molecular weight is 490 g/mol. The smallest absolute Gasteiger partial charge is 0.325 e. The Balaban J connectivity index is 1.44. The zero-order valence-electron chi connectivity index (χ0n) is 20.2. The number of benzene rings is 2. The molecule has 2 N–H and O–H groups in total. The molecule has 0 radical (unpaired) electrons. The molecule has 2 atom stereocenters. The number of ketones is 1. The summed E-state index contributed by atoms with van der Waals surface area (Å²) >= 11 is 0. The number of carbonyl (C=O) groups is 4. The number of aromatic nitrogens is 2. The van der Waals surface area contributed by atoms with Gasteiger partial charge in [-0.05, 0) is 24.0 Å². The summed E-state index contributed by atoms with van der Waals surface area (Å²) in [6, 6.07) is 14.0. The minimum atomic E-state index is -0.957. The summed E-state index contributed by atoms with van der Waals surface area (Å²) in [4.78, 5) is 51.9. The predicted molar refractivity (Wildman–Crippen MR) is 129 cm³/mol. The van der Waals surface area contributed by atoms with Crippen molar-refractivity contribution in [2.45, 2.75) is 39.3 Å². The monoisotopic (exact) mass is 489 g/mol. The van der Waals surface area contributed by atoms with Crippen molar-refractivity contribution in [3.63, 3.8) is 0 Å². The van der Waals surface area contributed by atoms with Crippen LogP contribution in [0.1, 0.15) is 53.2 Å². The molecule has 0 aliphatic carbocycles. The summed E-state index contributed by atoms with van der Waals surface area (Å²) in [6.07, 6.45) is 0.375. The quantitative estimate of drug-likeness (QED) is 0.348. The zero-order valence-corrected chi connectivity index (χ0v) is 20.2. The van der Waals surface area contributed by atoms with Gasteiger partial charge < -0.3 is 9.73 Å². The number of carbonyl (C=O) groups excluding carboxylic acids is 4. The summed E-state index contributed by atoms with van der Waals surface area (Å²) in [5, 5.41) is 12.8. The van der Waals surface area contributed by atoms with Gasteiger partial charge >= 0.3 is 6.03 Å². The Bertz CT molecular complexity index is 1290. The molecule has 2 heterocycles. The second kappa shape index (κ2) is 10.5. The molecule has 4 rings (SSSR count). The number of hydrogen-bond acceptors (Lipinski definition) is 7. The Kier molecular flexibility index (Phi) is 7.23. The second-order valence-electron chi connectivity index (χ2n) is 9.06. The fourth-order valence-corrected chi connectivity index (χ4v) is 4.10. The van der Waals surface area contributed by atoms with Crippen molar-refractivity contribution in [1.29, 1.82) is 0 Å². The molecule has 3 aromatic rings. The van der Waals surface area contributed by atoms with Gasteiger partial charge in [-0.1, -0.05) is 74.0 Å². The van der Waals surface area contributed by atoms with Gasteiger partial charge in [0.05, 0.1) is 12.5 Å². The van der Waals surface area contributed by atoms with Crippen molar-refractivity contribution in [1.82, 2.24) is 25.7 Å². The molecule has 1 saturated heterocycles. The fourth-order valence-electron chi connectivity index (χ4n) is 4.10. The normalized spacial score (nSPS) is 16.2. The third-order valence-electron chi connectivity index (χ3n) is 5.86. The highest BCUT2D eigenvalue weighted by molar-refractivity contribution is 6.06. The molecule has 0 spiro atoms. The van der Waals surface area contributed by atoms with E-state index in [0.717, 1.165) is 16.0 Å². The highest BCUT2D eigenvalue weighted by Crippen LogP contribution is 2.25. The van der Waals surface area contributed by atoms with Gasteiger partial charge in [-0.15, -0.1) is 10.2 Å². The highest BCUT2D eigenvalue weighted by atomic mass is 16.4. The SMILES string of the molecule is Cc1cccc(Cc2nnc(C(=O)[C@@H](NC(=O)CN3C(=O)NC(=O)C3c3ccccc3)C(C)C)o2)c1.